The van der Waals surface area contributed by atoms with Crippen molar-refractivity contribution in [3.8, 4) is 5.75 Å². The first kappa shape index (κ1) is 12.2. The maximum Gasteiger partial charge on any atom is 0.142 e. The van der Waals surface area contributed by atoms with Crippen LogP contribution in [0.2, 0.25) is 0 Å². The fraction of sp³-hybridized carbons (Fsp3) is 0.0769. The van der Waals surface area contributed by atoms with Crippen LogP contribution in [0.4, 0.5) is 25.8 Å². The fourth-order valence-corrected chi connectivity index (χ4v) is 1.57. The van der Waals surface area contributed by atoms with Crippen LogP contribution in [0.25, 0.3) is 0 Å². The van der Waals surface area contributed by atoms with E-state index in [0.717, 1.165) is 0 Å². The molecule has 0 aliphatic rings. The Morgan fingerprint density at radius 3 is 2.33 bits per heavy atom. The fourth-order valence-electron chi connectivity index (χ4n) is 1.57. The van der Waals surface area contributed by atoms with Gasteiger partial charge in [0.05, 0.1) is 24.2 Å². The van der Waals surface area contributed by atoms with Gasteiger partial charge >= 0.3 is 0 Å². The molecule has 0 radical (unpaired) electrons. The second-order valence-electron chi connectivity index (χ2n) is 3.70. The summed E-state index contributed by atoms with van der Waals surface area (Å²) in [6.45, 7) is 0. The van der Waals surface area contributed by atoms with E-state index in [9.17, 15) is 8.78 Å². The predicted molar refractivity (Wildman–Crippen MR) is 67.0 cm³/mol. The zero-order valence-corrected chi connectivity index (χ0v) is 9.71. The molecule has 18 heavy (non-hydrogen) atoms. The number of nitrogen functional groups attached to an aromatic ring is 1. The molecule has 0 aliphatic heterocycles. The minimum Gasteiger partial charge on any atom is -0.495 e. The van der Waals surface area contributed by atoms with Crippen LogP contribution in [0.1, 0.15) is 0 Å². The summed E-state index contributed by atoms with van der Waals surface area (Å²) in [4.78, 5) is 0. The highest BCUT2D eigenvalue weighted by atomic mass is 19.1. The van der Waals surface area contributed by atoms with Crippen molar-refractivity contribution in [2.45, 2.75) is 0 Å². The van der Waals surface area contributed by atoms with Gasteiger partial charge < -0.3 is 15.8 Å². The second kappa shape index (κ2) is 4.91. The highest BCUT2D eigenvalue weighted by molar-refractivity contribution is 5.75. The van der Waals surface area contributed by atoms with E-state index < -0.39 is 11.6 Å². The maximum atomic E-state index is 13.2. The minimum atomic E-state index is -0.427. The monoisotopic (exact) mass is 250 g/mol. The van der Waals surface area contributed by atoms with E-state index in [2.05, 4.69) is 5.32 Å². The average Bonchev–Trinajstić information content (AvgIpc) is 2.33. The van der Waals surface area contributed by atoms with Gasteiger partial charge in [0.25, 0.3) is 0 Å². The van der Waals surface area contributed by atoms with Gasteiger partial charge in [-0.25, -0.2) is 8.78 Å². The lowest BCUT2D eigenvalue weighted by atomic mass is 10.2. The van der Waals surface area contributed by atoms with Gasteiger partial charge in [-0.05, 0) is 30.3 Å². The van der Waals surface area contributed by atoms with Gasteiger partial charge in [-0.15, -0.1) is 0 Å². The lowest BCUT2D eigenvalue weighted by Crippen LogP contribution is -1.99. The Labute approximate surface area is 103 Å². The third kappa shape index (κ3) is 2.51. The lowest BCUT2D eigenvalue weighted by Gasteiger charge is -2.12. The van der Waals surface area contributed by atoms with E-state index in [-0.39, 0.29) is 5.69 Å². The Kier molecular flexibility index (Phi) is 3.32. The molecule has 0 atom stereocenters. The molecule has 0 spiro atoms. The number of halogens is 2. The molecular formula is C13H12F2N2O. The van der Waals surface area contributed by atoms with Crippen molar-refractivity contribution in [2.75, 3.05) is 18.2 Å². The number of hydrogen-bond acceptors (Lipinski definition) is 3. The van der Waals surface area contributed by atoms with Crippen LogP contribution in [0.3, 0.4) is 0 Å². The molecule has 2 rings (SSSR count). The van der Waals surface area contributed by atoms with Crippen molar-refractivity contribution < 1.29 is 13.5 Å². The third-order valence-electron chi connectivity index (χ3n) is 2.44. The maximum absolute atomic E-state index is 13.2. The summed E-state index contributed by atoms with van der Waals surface area (Å²) >= 11 is 0. The quantitative estimate of drug-likeness (QED) is 0.822. The number of hydrogen-bond donors (Lipinski definition) is 2. The normalized spacial score (nSPS) is 10.2. The first-order valence-electron chi connectivity index (χ1n) is 5.26. The van der Waals surface area contributed by atoms with Crippen molar-refractivity contribution >= 4 is 17.1 Å². The number of ether oxygens (including phenoxy) is 1. The van der Waals surface area contributed by atoms with Gasteiger partial charge in [0.1, 0.15) is 17.4 Å². The second-order valence-corrected chi connectivity index (χ2v) is 3.70. The summed E-state index contributed by atoms with van der Waals surface area (Å²) < 4.78 is 31.2. The van der Waals surface area contributed by atoms with E-state index in [4.69, 9.17) is 10.5 Å². The van der Waals surface area contributed by atoms with Gasteiger partial charge in [0, 0.05) is 6.07 Å². The van der Waals surface area contributed by atoms with Crippen LogP contribution >= 0.6 is 0 Å². The Balaban J connectivity index is 2.36. The first-order valence-corrected chi connectivity index (χ1v) is 5.26. The largest absolute Gasteiger partial charge is 0.495 e. The summed E-state index contributed by atoms with van der Waals surface area (Å²) in [6.07, 6.45) is 0. The Morgan fingerprint density at radius 2 is 1.67 bits per heavy atom. The molecule has 2 aromatic carbocycles. The molecule has 94 valence electrons. The van der Waals surface area contributed by atoms with E-state index in [1.807, 2.05) is 0 Å². The van der Waals surface area contributed by atoms with Crippen molar-refractivity contribution in [3.05, 3.63) is 48.0 Å². The standard InChI is InChI=1S/C13H12F2N2O/c1-18-13-5-3-9(15)7-12(13)17-11-4-2-8(14)6-10(11)16/h2-7,17H,16H2,1H3. The summed E-state index contributed by atoms with van der Waals surface area (Å²) in [5.74, 6) is -0.358. The molecule has 0 unspecified atom stereocenters. The molecule has 0 bridgehead atoms. The molecule has 0 amide bonds. The van der Waals surface area contributed by atoms with Crippen molar-refractivity contribution in [3.63, 3.8) is 0 Å². The number of anilines is 3. The first-order chi connectivity index (χ1) is 8.60. The molecule has 2 aromatic rings. The van der Waals surface area contributed by atoms with Crippen LogP contribution in [0, 0.1) is 11.6 Å². The summed E-state index contributed by atoms with van der Waals surface area (Å²) in [7, 11) is 1.48. The highest BCUT2D eigenvalue weighted by Gasteiger charge is 2.07. The topological polar surface area (TPSA) is 47.3 Å². The smallest absolute Gasteiger partial charge is 0.142 e. The Morgan fingerprint density at radius 1 is 1.00 bits per heavy atom. The Hall–Kier alpha value is -2.30. The van der Waals surface area contributed by atoms with Crippen molar-refractivity contribution in [2.24, 2.45) is 0 Å². The molecule has 0 aromatic heterocycles. The molecule has 0 aliphatic carbocycles. The van der Waals surface area contributed by atoms with Crippen LogP contribution < -0.4 is 15.8 Å². The Bertz CT molecular complexity index is 573. The SMILES string of the molecule is COc1ccc(F)cc1Nc1ccc(F)cc1N. The van der Waals surface area contributed by atoms with Gasteiger partial charge in [0.2, 0.25) is 0 Å². The predicted octanol–water partition coefficient (Wildman–Crippen LogP) is 3.30. The van der Waals surface area contributed by atoms with E-state index in [1.165, 1.54) is 43.5 Å². The molecule has 3 nitrogen and oxygen atoms in total. The number of methoxy groups -OCH3 is 1. The zero-order chi connectivity index (χ0) is 13.1. The zero-order valence-electron chi connectivity index (χ0n) is 9.71. The summed E-state index contributed by atoms with van der Waals surface area (Å²) in [5, 5.41) is 2.90. The van der Waals surface area contributed by atoms with Gasteiger partial charge in [-0.3, -0.25) is 0 Å². The number of nitrogens with two attached hydrogens (primary N) is 1. The van der Waals surface area contributed by atoms with Crippen molar-refractivity contribution in [1.82, 2.24) is 0 Å². The van der Waals surface area contributed by atoms with Crippen molar-refractivity contribution in [1.29, 1.82) is 0 Å². The molecule has 0 saturated carbocycles. The molecule has 5 heteroatoms. The van der Waals surface area contributed by atoms with Crippen LogP contribution in [0.5, 0.6) is 5.75 Å². The highest BCUT2D eigenvalue weighted by Crippen LogP contribution is 2.30. The lowest BCUT2D eigenvalue weighted by molar-refractivity contribution is 0.416. The van der Waals surface area contributed by atoms with Gasteiger partial charge in [-0.2, -0.15) is 0 Å². The molecular weight excluding hydrogens is 238 g/mol. The van der Waals surface area contributed by atoms with Crippen LogP contribution in [-0.4, -0.2) is 7.11 Å². The number of rotatable bonds is 3. The van der Waals surface area contributed by atoms with Crippen LogP contribution in [-0.2, 0) is 0 Å². The summed E-state index contributed by atoms with van der Waals surface area (Å²) in [6, 6.07) is 8.00. The molecule has 3 N–H and O–H groups in total. The van der Waals surface area contributed by atoms with Gasteiger partial charge in [0.15, 0.2) is 0 Å². The molecule has 0 saturated heterocycles. The third-order valence-corrected chi connectivity index (χ3v) is 2.44. The van der Waals surface area contributed by atoms with E-state index in [1.54, 1.807) is 0 Å². The molecule has 0 heterocycles. The summed E-state index contributed by atoms with van der Waals surface area (Å²) in [5.41, 5.74) is 6.81. The van der Waals surface area contributed by atoms with E-state index in [0.29, 0.717) is 17.1 Å². The number of nitrogens with one attached hydrogen (secondary N) is 1. The van der Waals surface area contributed by atoms with E-state index >= 15 is 0 Å². The average molecular weight is 250 g/mol. The van der Waals surface area contributed by atoms with Crippen LogP contribution in [0.15, 0.2) is 36.4 Å². The molecule has 0 fully saturated rings. The minimum absolute atomic E-state index is 0.237. The number of benzene rings is 2. The van der Waals surface area contributed by atoms with Gasteiger partial charge in [-0.1, -0.05) is 0 Å².